The van der Waals surface area contributed by atoms with Gasteiger partial charge in [0.05, 0.1) is 10.9 Å². The molecular formula is C15H19Br2N3O3. The SMILES string of the molecule is CCNC(=O)C/C(C)=N\NC(=O)COc1cc(C)c(Br)cc1Br. The van der Waals surface area contributed by atoms with Crippen LogP contribution in [0.1, 0.15) is 25.8 Å². The minimum atomic E-state index is -0.396. The molecule has 0 fully saturated rings. The van der Waals surface area contributed by atoms with Gasteiger partial charge in [0.2, 0.25) is 5.91 Å². The maximum Gasteiger partial charge on any atom is 0.277 e. The fraction of sp³-hybridized carbons (Fsp3) is 0.400. The van der Waals surface area contributed by atoms with Crippen LogP contribution in [0.25, 0.3) is 0 Å². The molecule has 1 aromatic carbocycles. The summed E-state index contributed by atoms with van der Waals surface area (Å²) in [5, 5.41) is 6.53. The number of halogens is 2. The molecule has 0 aliphatic carbocycles. The first-order valence-electron chi connectivity index (χ1n) is 7.00. The van der Waals surface area contributed by atoms with E-state index < -0.39 is 5.91 Å². The van der Waals surface area contributed by atoms with Gasteiger partial charge in [0.1, 0.15) is 5.75 Å². The highest BCUT2D eigenvalue weighted by atomic mass is 79.9. The Morgan fingerprint density at radius 1 is 1.22 bits per heavy atom. The van der Waals surface area contributed by atoms with Crippen LogP contribution >= 0.6 is 31.9 Å². The van der Waals surface area contributed by atoms with Gasteiger partial charge in [0.25, 0.3) is 5.91 Å². The summed E-state index contributed by atoms with van der Waals surface area (Å²) in [4.78, 5) is 23.1. The number of amides is 2. The lowest BCUT2D eigenvalue weighted by atomic mass is 10.2. The number of rotatable bonds is 7. The Labute approximate surface area is 152 Å². The van der Waals surface area contributed by atoms with E-state index in [0.29, 0.717) is 18.0 Å². The molecule has 0 heterocycles. The Hall–Kier alpha value is -1.41. The second kappa shape index (κ2) is 9.67. The smallest absolute Gasteiger partial charge is 0.277 e. The first kappa shape index (κ1) is 19.6. The van der Waals surface area contributed by atoms with Crippen LogP contribution in [0.4, 0.5) is 0 Å². The molecule has 2 amide bonds. The molecule has 0 atom stereocenters. The van der Waals surface area contributed by atoms with Crippen LogP contribution in [0.5, 0.6) is 5.75 Å². The van der Waals surface area contributed by atoms with Crippen molar-refractivity contribution >= 4 is 49.4 Å². The molecule has 2 N–H and O–H groups in total. The highest BCUT2D eigenvalue weighted by molar-refractivity contribution is 9.11. The molecule has 23 heavy (non-hydrogen) atoms. The molecule has 0 aliphatic rings. The fourth-order valence-electron chi connectivity index (χ4n) is 1.61. The Morgan fingerprint density at radius 2 is 1.91 bits per heavy atom. The zero-order valence-corrected chi connectivity index (χ0v) is 16.4. The van der Waals surface area contributed by atoms with Gasteiger partial charge in [-0.1, -0.05) is 15.9 Å². The number of aryl methyl sites for hydroxylation is 1. The number of hydrogen-bond acceptors (Lipinski definition) is 4. The molecule has 0 unspecified atom stereocenters. The topological polar surface area (TPSA) is 79.8 Å². The third kappa shape index (κ3) is 7.13. The van der Waals surface area contributed by atoms with Crippen molar-refractivity contribution in [2.75, 3.05) is 13.2 Å². The summed E-state index contributed by atoms with van der Waals surface area (Å²) >= 11 is 6.79. The van der Waals surface area contributed by atoms with Gasteiger partial charge in [-0.05, 0) is 54.4 Å². The molecule has 0 bridgehead atoms. The Kier molecular flexibility index (Phi) is 8.25. The summed E-state index contributed by atoms with van der Waals surface area (Å²) < 4.78 is 7.16. The number of carbonyl (C=O) groups excluding carboxylic acids is 2. The van der Waals surface area contributed by atoms with Crippen LogP contribution in [-0.2, 0) is 9.59 Å². The van der Waals surface area contributed by atoms with E-state index in [-0.39, 0.29) is 18.9 Å². The molecule has 0 radical (unpaired) electrons. The minimum absolute atomic E-state index is 0.131. The second-order valence-electron chi connectivity index (χ2n) is 4.83. The van der Waals surface area contributed by atoms with E-state index in [1.54, 1.807) is 6.92 Å². The summed E-state index contributed by atoms with van der Waals surface area (Å²) in [7, 11) is 0. The van der Waals surface area contributed by atoms with E-state index in [1.807, 2.05) is 26.0 Å². The molecule has 0 saturated carbocycles. The number of hydrazone groups is 1. The first-order chi connectivity index (χ1) is 10.8. The molecule has 0 aliphatic heterocycles. The molecule has 8 heteroatoms. The zero-order valence-electron chi connectivity index (χ0n) is 13.2. The van der Waals surface area contributed by atoms with Crippen LogP contribution in [0.2, 0.25) is 0 Å². The quantitative estimate of drug-likeness (QED) is 0.497. The third-order valence-corrected chi connectivity index (χ3v) is 4.21. The Balaban J connectivity index is 2.48. The van der Waals surface area contributed by atoms with Gasteiger partial charge < -0.3 is 10.1 Å². The molecule has 1 rings (SSSR count). The standard InChI is InChI=1S/C15H19Br2N3O3/c1-4-18-14(21)6-10(3)19-20-15(22)8-23-13-5-9(2)11(16)7-12(13)17/h5,7H,4,6,8H2,1-3H3,(H,18,21)(H,20,22)/b19-10-. The van der Waals surface area contributed by atoms with Crippen LogP contribution < -0.4 is 15.5 Å². The van der Waals surface area contributed by atoms with Gasteiger partial charge in [0, 0.05) is 16.7 Å². The van der Waals surface area contributed by atoms with Crippen LogP contribution in [0.3, 0.4) is 0 Å². The second-order valence-corrected chi connectivity index (χ2v) is 6.54. The number of carbonyl (C=O) groups is 2. The van der Waals surface area contributed by atoms with Gasteiger partial charge in [-0.2, -0.15) is 5.10 Å². The van der Waals surface area contributed by atoms with Crippen molar-refractivity contribution in [1.82, 2.24) is 10.7 Å². The molecule has 126 valence electrons. The van der Waals surface area contributed by atoms with E-state index in [2.05, 4.69) is 47.7 Å². The van der Waals surface area contributed by atoms with E-state index in [0.717, 1.165) is 14.5 Å². The minimum Gasteiger partial charge on any atom is -0.483 e. The number of ether oxygens (including phenoxy) is 1. The van der Waals surface area contributed by atoms with Crippen molar-refractivity contribution in [2.24, 2.45) is 5.10 Å². The number of hydrogen-bond donors (Lipinski definition) is 2. The molecule has 1 aromatic rings. The van der Waals surface area contributed by atoms with Crippen molar-refractivity contribution in [3.05, 3.63) is 26.6 Å². The van der Waals surface area contributed by atoms with E-state index in [4.69, 9.17) is 4.74 Å². The summed E-state index contributed by atoms with van der Waals surface area (Å²) in [6, 6.07) is 3.68. The average Bonchev–Trinajstić information content (AvgIpc) is 2.47. The van der Waals surface area contributed by atoms with Crippen molar-refractivity contribution in [3.8, 4) is 5.75 Å². The predicted octanol–water partition coefficient (Wildman–Crippen LogP) is 2.92. The van der Waals surface area contributed by atoms with Gasteiger partial charge in [-0.15, -0.1) is 0 Å². The lowest BCUT2D eigenvalue weighted by molar-refractivity contribution is -0.123. The third-order valence-electron chi connectivity index (χ3n) is 2.73. The number of benzene rings is 1. The van der Waals surface area contributed by atoms with Gasteiger partial charge in [-0.3, -0.25) is 9.59 Å². The van der Waals surface area contributed by atoms with Crippen molar-refractivity contribution in [1.29, 1.82) is 0 Å². The van der Waals surface area contributed by atoms with Crippen LogP contribution in [-0.4, -0.2) is 30.7 Å². The van der Waals surface area contributed by atoms with E-state index in [9.17, 15) is 9.59 Å². The lowest BCUT2D eigenvalue weighted by Crippen LogP contribution is -2.28. The molecule has 0 spiro atoms. The zero-order chi connectivity index (χ0) is 17.4. The lowest BCUT2D eigenvalue weighted by Gasteiger charge is -2.09. The molecule has 0 aromatic heterocycles. The normalized spacial score (nSPS) is 11.1. The first-order valence-corrected chi connectivity index (χ1v) is 8.59. The number of nitrogens with zero attached hydrogens (tertiary/aromatic N) is 1. The van der Waals surface area contributed by atoms with Gasteiger partial charge >= 0.3 is 0 Å². The predicted molar refractivity (Wildman–Crippen MR) is 96.6 cm³/mol. The highest BCUT2D eigenvalue weighted by Crippen LogP contribution is 2.31. The van der Waals surface area contributed by atoms with Crippen LogP contribution in [0, 0.1) is 6.92 Å². The molecule has 6 nitrogen and oxygen atoms in total. The Morgan fingerprint density at radius 3 is 2.57 bits per heavy atom. The average molecular weight is 449 g/mol. The van der Waals surface area contributed by atoms with Gasteiger partial charge in [-0.25, -0.2) is 5.43 Å². The largest absolute Gasteiger partial charge is 0.483 e. The fourth-order valence-corrected chi connectivity index (χ4v) is 2.71. The highest BCUT2D eigenvalue weighted by Gasteiger charge is 2.08. The van der Waals surface area contributed by atoms with Crippen LogP contribution in [0.15, 0.2) is 26.2 Å². The van der Waals surface area contributed by atoms with E-state index in [1.165, 1.54) is 0 Å². The maximum atomic E-state index is 11.7. The molecular weight excluding hydrogens is 430 g/mol. The summed E-state index contributed by atoms with van der Waals surface area (Å²) in [5.74, 6) is 0.0464. The summed E-state index contributed by atoms with van der Waals surface area (Å²) in [6.07, 6.45) is 0.145. The van der Waals surface area contributed by atoms with Crippen molar-refractivity contribution < 1.29 is 14.3 Å². The molecule has 0 saturated heterocycles. The Bertz CT molecular complexity index is 618. The van der Waals surface area contributed by atoms with E-state index >= 15 is 0 Å². The number of nitrogens with one attached hydrogen (secondary N) is 2. The maximum absolute atomic E-state index is 11.7. The summed E-state index contributed by atoms with van der Waals surface area (Å²) in [5.41, 5.74) is 3.88. The summed E-state index contributed by atoms with van der Waals surface area (Å²) in [6.45, 7) is 5.83. The monoisotopic (exact) mass is 447 g/mol. The van der Waals surface area contributed by atoms with Gasteiger partial charge in [0.15, 0.2) is 6.61 Å². The van der Waals surface area contributed by atoms with Crippen molar-refractivity contribution in [3.63, 3.8) is 0 Å². The van der Waals surface area contributed by atoms with Crippen molar-refractivity contribution in [2.45, 2.75) is 27.2 Å².